The van der Waals surface area contributed by atoms with Crippen LogP contribution in [0.5, 0.6) is 11.5 Å². The lowest BCUT2D eigenvalue weighted by atomic mass is 10.1. The van der Waals surface area contributed by atoms with E-state index >= 15 is 0 Å². The first-order chi connectivity index (χ1) is 9.40. The quantitative estimate of drug-likeness (QED) is 0.833. The summed E-state index contributed by atoms with van der Waals surface area (Å²) in [6.45, 7) is 7.93. The summed E-state index contributed by atoms with van der Waals surface area (Å²) in [7, 11) is 0. The molecule has 2 nitrogen and oxygen atoms in total. The van der Waals surface area contributed by atoms with Gasteiger partial charge in [0.1, 0.15) is 11.5 Å². The van der Waals surface area contributed by atoms with Gasteiger partial charge in [0.15, 0.2) is 0 Å². The van der Waals surface area contributed by atoms with Gasteiger partial charge in [-0.2, -0.15) is 0 Å². The molecule has 0 bridgehead atoms. The van der Waals surface area contributed by atoms with Crippen LogP contribution < -0.4 is 4.74 Å². The first-order valence-corrected chi connectivity index (χ1v) is 7.41. The van der Waals surface area contributed by atoms with E-state index in [2.05, 4.69) is 41.9 Å². The maximum Gasteiger partial charge on any atom is 0.141 e. The van der Waals surface area contributed by atoms with Crippen molar-refractivity contribution in [3.8, 4) is 11.5 Å². The van der Waals surface area contributed by atoms with Crippen LogP contribution in [-0.4, -0.2) is 5.11 Å². The Morgan fingerprint density at radius 1 is 1.05 bits per heavy atom. The highest BCUT2D eigenvalue weighted by atomic mass is 79.9. The normalized spacial score (nSPS) is 12.3. The fraction of sp³-hybridized carbons (Fsp3) is 0.294. The van der Waals surface area contributed by atoms with E-state index in [0.29, 0.717) is 0 Å². The molecule has 0 fully saturated rings. The minimum atomic E-state index is -0.484. The number of hydrogen-bond donors (Lipinski definition) is 1. The number of aliphatic hydroxyl groups excluding tert-OH is 1. The fourth-order valence-electron chi connectivity index (χ4n) is 2.05. The van der Waals surface area contributed by atoms with Crippen molar-refractivity contribution in [3.05, 3.63) is 57.1 Å². The summed E-state index contributed by atoms with van der Waals surface area (Å²) in [5.74, 6) is 1.65. The van der Waals surface area contributed by atoms with Crippen molar-refractivity contribution in [1.82, 2.24) is 0 Å². The molecule has 106 valence electrons. The van der Waals surface area contributed by atoms with Crippen molar-refractivity contribution in [2.75, 3.05) is 0 Å². The Balaban J connectivity index is 2.38. The zero-order chi connectivity index (χ0) is 14.9. The second kappa shape index (κ2) is 5.98. The van der Waals surface area contributed by atoms with Gasteiger partial charge in [-0.1, -0.05) is 18.2 Å². The van der Waals surface area contributed by atoms with E-state index in [0.717, 1.165) is 32.7 Å². The monoisotopic (exact) mass is 334 g/mol. The van der Waals surface area contributed by atoms with Crippen LogP contribution >= 0.6 is 15.9 Å². The van der Waals surface area contributed by atoms with Gasteiger partial charge in [0.2, 0.25) is 0 Å². The van der Waals surface area contributed by atoms with Gasteiger partial charge in [-0.25, -0.2) is 0 Å². The van der Waals surface area contributed by atoms with E-state index in [4.69, 9.17) is 4.74 Å². The van der Waals surface area contributed by atoms with Crippen molar-refractivity contribution in [3.63, 3.8) is 0 Å². The number of hydrogen-bond acceptors (Lipinski definition) is 2. The predicted octanol–water partition coefficient (Wildman–Crippen LogP) is 5.22. The SMILES string of the molecule is Cc1ccc(C)c(Oc2ccc([C@H](C)O)cc2Br)c1C. The average molecular weight is 335 g/mol. The maximum atomic E-state index is 9.59. The summed E-state index contributed by atoms with van der Waals surface area (Å²) in [4.78, 5) is 0. The lowest BCUT2D eigenvalue weighted by Gasteiger charge is -2.15. The third-order valence-electron chi connectivity index (χ3n) is 3.52. The molecule has 2 aromatic rings. The summed E-state index contributed by atoms with van der Waals surface area (Å²) >= 11 is 3.50. The fourth-order valence-corrected chi connectivity index (χ4v) is 2.53. The third kappa shape index (κ3) is 3.05. The molecule has 2 aromatic carbocycles. The van der Waals surface area contributed by atoms with Crippen LogP contribution in [0.1, 0.15) is 35.3 Å². The van der Waals surface area contributed by atoms with Gasteiger partial charge < -0.3 is 9.84 Å². The topological polar surface area (TPSA) is 29.5 Å². The molecule has 0 aliphatic carbocycles. The molecule has 0 aliphatic heterocycles. The lowest BCUT2D eigenvalue weighted by Crippen LogP contribution is -1.96. The second-order valence-corrected chi connectivity index (χ2v) is 5.98. The number of aliphatic hydroxyl groups is 1. The molecule has 0 amide bonds. The summed E-state index contributed by atoms with van der Waals surface area (Å²) in [5, 5.41) is 9.59. The van der Waals surface area contributed by atoms with Gasteiger partial charge in [-0.05, 0) is 78.0 Å². The zero-order valence-electron chi connectivity index (χ0n) is 12.2. The van der Waals surface area contributed by atoms with Crippen LogP contribution in [0.3, 0.4) is 0 Å². The van der Waals surface area contributed by atoms with Gasteiger partial charge in [-0.3, -0.25) is 0 Å². The lowest BCUT2D eigenvalue weighted by molar-refractivity contribution is 0.199. The van der Waals surface area contributed by atoms with Crippen molar-refractivity contribution >= 4 is 15.9 Å². The molecule has 0 aromatic heterocycles. The van der Waals surface area contributed by atoms with Gasteiger partial charge >= 0.3 is 0 Å². The predicted molar refractivity (Wildman–Crippen MR) is 85.5 cm³/mol. The van der Waals surface area contributed by atoms with E-state index in [-0.39, 0.29) is 0 Å². The second-order valence-electron chi connectivity index (χ2n) is 5.12. The average Bonchev–Trinajstić information content (AvgIpc) is 2.40. The molecule has 1 N–H and O–H groups in total. The highest BCUT2D eigenvalue weighted by molar-refractivity contribution is 9.10. The first-order valence-electron chi connectivity index (χ1n) is 6.62. The number of rotatable bonds is 3. The maximum absolute atomic E-state index is 9.59. The summed E-state index contributed by atoms with van der Waals surface area (Å²) in [6, 6.07) is 9.82. The Hall–Kier alpha value is -1.32. The van der Waals surface area contributed by atoms with E-state index < -0.39 is 6.10 Å². The molecular weight excluding hydrogens is 316 g/mol. The number of halogens is 1. The van der Waals surface area contributed by atoms with Crippen molar-refractivity contribution in [2.24, 2.45) is 0 Å². The molecule has 0 unspecified atom stereocenters. The highest BCUT2D eigenvalue weighted by Gasteiger charge is 2.11. The molecule has 0 saturated heterocycles. The first kappa shape index (κ1) is 15.1. The Bertz CT molecular complexity index is 633. The van der Waals surface area contributed by atoms with Crippen LogP contribution in [0.4, 0.5) is 0 Å². The Morgan fingerprint density at radius 3 is 2.30 bits per heavy atom. The Labute approximate surface area is 128 Å². The molecule has 3 heteroatoms. The van der Waals surface area contributed by atoms with E-state index in [1.165, 1.54) is 5.56 Å². The van der Waals surface area contributed by atoms with Crippen molar-refractivity contribution in [2.45, 2.75) is 33.8 Å². The number of benzene rings is 2. The molecule has 0 radical (unpaired) electrons. The molecule has 0 heterocycles. The Kier molecular flexibility index (Phi) is 4.51. The number of aryl methyl sites for hydroxylation is 2. The van der Waals surface area contributed by atoms with Crippen molar-refractivity contribution in [1.29, 1.82) is 0 Å². The summed E-state index contributed by atoms with van der Waals surface area (Å²) in [6.07, 6.45) is -0.484. The summed E-state index contributed by atoms with van der Waals surface area (Å²) < 4.78 is 6.90. The summed E-state index contributed by atoms with van der Waals surface area (Å²) in [5.41, 5.74) is 4.33. The molecular formula is C17H19BrO2. The third-order valence-corrected chi connectivity index (χ3v) is 4.14. The molecule has 0 aliphatic rings. The van der Waals surface area contributed by atoms with Crippen LogP contribution in [0.15, 0.2) is 34.8 Å². The van der Waals surface area contributed by atoms with E-state index in [9.17, 15) is 5.11 Å². The van der Waals surface area contributed by atoms with Crippen molar-refractivity contribution < 1.29 is 9.84 Å². The van der Waals surface area contributed by atoms with Gasteiger partial charge in [0.25, 0.3) is 0 Å². The molecule has 0 spiro atoms. The molecule has 1 atom stereocenters. The highest BCUT2D eigenvalue weighted by Crippen LogP contribution is 2.35. The van der Waals surface area contributed by atoms with E-state index in [1.54, 1.807) is 6.92 Å². The number of ether oxygens (including phenoxy) is 1. The van der Waals surface area contributed by atoms with Crippen LogP contribution in [-0.2, 0) is 0 Å². The van der Waals surface area contributed by atoms with Gasteiger partial charge in [0.05, 0.1) is 10.6 Å². The Morgan fingerprint density at radius 2 is 1.70 bits per heavy atom. The standard InChI is InChI=1S/C17H19BrO2/c1-10-5-6-11(2)17(12(10)3)20-16-8-7-14(13(4)19)9-15(16)18/h5-9,13,19H,1-4H3/t13-/m0/s1. The largest absolute Gasteiger partial charge is 0.456 e. The van der Waals surface area contributed by atoms with Crippen LogP contribution in [0, 0.1) is 20.8 Å². The minimum Gasteiger partial charge on any atom is -0.456 e. The minimum absolute atomic E-state index is 0.484. The molecule has 20 heavy (non-hydrogen) atoms. The van der Waals surface area contributed by atoms with Gasteiger partial charge in [0, 0.05) is 0 Å². The van der Waals surface area contributed by atoms with Crippen LogP contribution in [0.2, 0.25) is 0 Å². The van der Waals surface area contributed by atoms with Crippen LogP contribution in [0.25, 0.3) is 0 Å². The van der Waals surface area contributed by atoms with E-state index in [1.807, 2.05) is 25.1 Å². The zero-order valence-corrected chi connectivity index (χ0v) is 13.8. The van der Waals surface area contributed by atoms with Gasteiger partial charge in [-0.15, -0.1) is 0 Å². The molecule has 0 saturated carbocycles. The molecule has 2 rings (SSSR count). The smallest absolute Gasteiger partial charge is 0.141 e.